The van der Waals surface area contributed by atoms with E-state index in [4.69, 9.17) is 0 Å². The van der Waals surface area contributed by atoms with Gasteiger partial charge in [0.15, 0.2) is 0 Å². The van der Waals surface area contributed by atoms with Gasteiger partial charge in [-0.05, 0) is 42.9 Å². The van der Waals surface area contributed by atoms with E-state index in [1.165, 1.54) is 19.3 Å². The zero-order valence-corrected chi connectivity index (χ0v) is 11.0. The Hall–Kier alpha value is 0. The van der Waals surface area contributed by atoms with Gasteiger partial charge in [-0.1, -0.05) is 48.0 Å². The summed E-state index contributed by atoms with van der Waals surface area (Å²) in [6, 6.07) is 0. The van der Waals surface area contributed by atoms with Crippen molar-refractivity contribution in [2.75, 3.05) is 0 Å². The molecule has 0 saturated heterocycles. The van der Waals surface area contributed by atoms with Gasteiger partial charge in [0.2, 0.25) is 0 Å². The topological polar surface area (TPSA) is 0 Å². The fourth-order valence-corrected chi connectivity index (χ4v) is 1.92. The van der Waals surface area contributed by atoms with Crippen molar-refractivity contribution < 1.29 is 0 Å². The van der Waals surface area contributed by atoms with Crippen LogP contribution in [0, 0.1) is 30.1 Å². The molecule has 0 nitrogen and oxygen atoms in total. The van der Waals surface area contributed by atoms with Crippen LogP contribution in [0.25, 0.3) is 0 Å². The van der Waals surface area contributed by atoms with Crippen LogP contribution in [0.5, 0.6) is 0 Å². The van der Waals surface area contributed by atoms with Crippen LogP contribution in [0.15, 0.2) is 0 Å². The first-order valence-corrected chi connectivity index (χ1v) is 6.30. The normalized spacial score (nSPS) is 18.2. The maximum atomic E-state index is 2.52. The second-order valence-corrected chi connectivity index (χ2v) is 5.44. The lowest BCUT2D eigenvalue weighted by molar-refractivity contribution is 0.353. The summed E-state index contributed by atoms with van der Waals surface area (Å²) in [5, 5.41) is 0. The molecule has 0 heteroatoms. The van der Waals surface area contributed by atoms with Gasteiger partial charge in [0.05, 0.1) is 0 Å². The molecule has 0 rings (SSSR count). The molecule has 0 aromatic heterocycles. The third kappa shape index (κ3) is 6.45. The number of hydrogen-bond donors (Lipinski definition) is 0. The van der Waals surface area contributed by atoms with Gasteiger partial charge in [-0.15, -0.1) is 0 Å². The molecule has 3 unspecified atom stereocenters. The van der Waals surface area contributed by atoms with E-state index in [-0.39, 0.29) is 0 Å². The Bertz CT molecular complexity index is 126. The van der Waals surface area contributed by atoms with Crippen molar-refractivity contribution in [3.8, 4) is 0 Å². The molecule has 0 saturated carbocycles. The van der Waals surface area contributed by atoms with Gasteiger partial charge in [0.1, 0.15) is 0 Å². The van der Waals surface area contributed by atoms with E-state index in [2.05, 4.69) is 48.0 Å². The van der Waals surface area contributed by atoms with Crippen LogP contribution in [0.2, 0.25) is 0 Å². The first kappa shape index (κ1) is 14.0. The third-order valence-electron chi connectivity index (χ3n) is 3.37. The zero-order valence-electron chi connectivity index (χ0n) is 11.0. The van der Waals surface area contributed by atoms with Crippen LogP contribution in [0.1, 0.15) is 60.8 Å². The molecule has 0 aromatic carbocycles. The van der Waals surface area contributed by atoms with E-state index in [0.717, 1.165) is 23.7 Å². The summed E-state index contributed by atoms with van der Waals surface area (Å²) in [6.45, 7) is 14.0. The Morgan fingerprint density at radius 3 is 1.93 bits per heavy atom. The summed E-state index contributed by atoms with van der Waals surface area (Å²) in [7, 11) is 0. The Morgan fingerprint density at radius 2 is 1.50 bits per heavy atom. The molecule has 85 valence electrons. The molecule has 0 aliphatic heterocycles. The average Bonchev–Trinajstić information content (AvgIpc) is 2.11. The quantitative estimate of drug-likeness (QED) is 0.542. The van der Waals surface area contributed by atoms with Gasteiger partial charge in [-0.25, -0.2) is 0 Å². The lowest BCUT2D eigenvalue weighted by Crippen LogP contribution is -2.10. The molecule has 0 aliphatic carbocycles. The smallest absolute Gasteiger partial charge is 0.0355 e. The molecule has 0 bridgehead atoms. The van der Waals surface area contributed by atoms with Crippen LogP contribution in [-0.4, -0.2) is 0 Å². The third-order valence-corrected chi connectivity index (χ3v) is 3.37. The fourth-order valence-electron chi connectivity index (χ4n) is 1.92. The minimum atomic E-state index is 0.793. The van der Waals surface area contributed by atoms with Gasteiger partial charge >= 0.3 is 0 Å². The number of rotatable bonds is 7. The van der Waals surface area contributed by atoms with Gasteiger partial charge in [-0.3, -0.25) is 0 Å². The molecule has 0 spiro atoms. The highest BCUT2D eigenvalue weighted by Crippen LogP contribution is 2.23. The van der Waals surface area contributed by atoms with Crippen LogP contribution in [0.3, 0.4) is 0 Å². The standard InChI is InChI=1S/C14H29/c1-7-13(5)14(6)9-8-12(4)10-11(2)3/h8,11-14H,7,9-10H2,1-6H3. The van der Waals surface area contributed by atoms with E-state index < -0.39 is 0 Å². The lowest BCUT2D eigenvalue weighted by Gasteiger charge is -2.20. The van der Waals surface area contributed by atoms with E-state index in [1.807, 2.05) is 0 Å². The molecule has 0 heterocycles. The van der Waals surface area contributed by atoms with Crippen molar-refractivity contribution in [2.45, 2.75) is 60.8 Å². The summed E-state index contributed by atoms with van der Waals surface area (Å²) in [6.07, 6.45) is 6.47. The molecular formula is C14H29. The molecule has 0 fully saturated rings. The first-order chi connectivity index (χ1) is 6.47. The van der Waals surface area contributed by atoms with Crippen LogP contribution in [0.4, 0.5) is 0 Å². The summed E-state index contributed by atoms with van der Waals surface area (Å²) < 4.78 is 0. The lowest BCUT2D eigenvalue weighted by atomic mass is 9.85. The summed E-state index contributed by atoms with van der Waals surface area (Å²) in [4.78, 5) is 0. The highest BCUT2D eigenvalue weighted by Gasteiger charge is 2.12. The fraction of sp³-hybridized carbons (Fsp3) is 0.929. The number of hydrogen-bond acceptors (Lipinski definition) is 0. The zero-order chi connectivity index (χ0) is 11.1. The molecule has 0 amide bonds. The molecule has 1 radical (unpaired) electrons. The maximum absolute atomic E-state index is 2.52. The Labute approximate surface area is 91.5 Å². The van der Waals surface area contributed by atoms with E-state index in [0.29, 0.717) is 0 Å². The molecular weight excluding hydrogens is 168 g/mol. The molecule has 0 N–H and O–H groups in total. The second kappa shape index (κ2) is 7.31. The highest BCUT2D eigenvalue weighted by atomic mass is 14.2. The van der Waals surface area contributed by atoms with Gasteiger partial charge < -0.3 is 0 Å². The highest BCUT2D eigenvalue weighted by molar-refractivity contribution is 4.77. The molecule has 0 aromatic rings. The minimum absolute atomic E-state index is 0.793. The monoisotopic (exact) mass is 197 g/mol. The van der Waals surface area contributed by atoms with Gasteiger partial charge in [-0.2, -0.15) is 0 Å². The van der Waals surface area contributed by atoms with Crippen molar-refractivity contribution in [2.24, 2.45) is 23.7 Å². The average molecular weight is 197 g/mol. The largest absolute Gasteiger partial charge is 0.0651 e. The van der Waals surface area contributed by atoms with Crippen molar-refractivity contribution in [3.05, 3.63) is 6.42 Å². The van der Waals surface area contributed by atoms with Crippen molar-refractivity contribution in [1.82, 2.24) is 0 Å². The van der Waals surface area contributed by atoms with E-state index in [1.54, 1.807) is 0 Å². The van der Waals surface area contributed by atoms with Gasteiger partial charge in [0.25, 0.3) is 0 Å². The SMILES string of the molecule is CCC(C)C(C)C[CH]C(C)CC(C)C. The predicted octanol–water partition coefficient (Wildman–Crippen LogP) is 4.95. The summed E-state index contributed by atoms with van der Waals surface area (Å²) in [5.41, 5.74) is 0. The Balaban J connectivity index is 3.60. The Morgan fingerprint density at radius 1 is 0.929 bits per heavy atom. The molecule has 0 aliphatic rings. The minimum Gasteiger partial charge on any atom is -0.0651 e. The summed E-state index contributed by atoms with van der Waals surface area (Å²) in [5.74, 6) is 3.36. The van der Waals surface area contributed by atoms with Crippen molar-refractivity contribution >= 4 is 0 Å². The van der Waals surface area contributed by atoms with Crippen molar-refractivity contribution in [3.63, 3.8) is 0 Å². The first-order valence-electron chi connectivity index (χ1n) is 6.30. The predicted molar refractivity (Wildman–Crippen MR) is 66.2 cm³/mol. The molecule has 14 heavy (non-hydrogen) atoms. The second-order valence-electron chi connectivity index (χ2n) is 5.44. The maximum Gasteiger partial charge on any atom is -0.0355 e. The van der Waals surface area contributed by atoms with Gasteiger partial charge in [0, 0.05) is 0 Å². The Kier molecular flexibility index (Phi) is 7.31. The van der Waals surface area contributed by atoms with E-state index in [9.17, 15) is 0 Å². The summed E-state index contributed by atoms with van der Waals surface area (Å²) >= 11 is 0. The van der Waals surface area contributed by atoms with Crippen LogP contribution in [-0.2, 0) is 0 Å². The van der Waals surface area contributed by atoms with Crippen LogP contribution >= 0.6 is 0 Å². The molecule has 3 atom stereocenters. The van der Waals surface area contributed by atoms with Crippen LogP contribution < -0.4 is 0 Å². The van der Waals surface area contributed by atoms with Crippen molar-refractivity contribution in [1.29, 1.82) is 0 Å². The van der Waals surface area contributed by atoms with E-state index >= 15 is 0 Å².